The molecule has 1 aliphatic carbocycles. The molecule has 1 heterocycles. The molecule has 4 nitrogen and oxygen atoms in total. The molecule has 3 atom stereocenters. The molecule has 1 amide bonds. The Morgan fingerprint density at radius 3 is 2.37 bits per heavy atom. The Kier molecular flexibility index (Phi) is 8.29. The highest BCUT2D eigenvalue weighted by molar-refractivity contribution is 5.85. The van der Waals surface area contributed by atoms with Gasteiger partial charge in [0.15, 0.2) is 0 Å². The summed E-state index contributed by atoms with van der Waals surface area (Å²) in [6, 6.07) is 0.618. The van der Waals surface area contributed by atoms with E-state index < -0.39 is 0 Å². The maximum absolute atomic E-state index is 12.4. The smallest absolute Gasteiger partial charge is 0.227 e. The van der Waals surface area contributed by atoms with Gasteiger partial charge in [0.25, 0.3) is 0 Å². The lowest BCUT2D eigenvalue weighted by Crippen LogP contribution is -2.50. The van der Waals surface area contributed by atoms with Crippen molar-refractivity contribution in [3.63, 3.8) is 0 Å². The Morgan fingerprint density at radius 1 is 1.16 bits per heavy atom. The van der Waals surface area contributed by atoms with Crippen molar-refractivity contribution < 1.29 is 4.79 Å². The second-order valence-electron chi connectivity index (χ2n) is 5.75. The highest BCUT2D eigenvalue weighted by atomic mass is 35.5. The van der Waals surface area contributed by atoms with Gasteiger partial charge in [-0.05, 0) is 39.8 Å². The summed E-state index contributed by atoms with van der Waals surface area (Å²) in [6.45, 7) is 1.81. The van der Waals surface area contributed by atoms with Crippen LogP contribution in [0.2, 0.25) is 0 Å². The summed E-state index contributed by atoms with van der Waals surface area (Å²) >= 11 is 0. The first-order valence-corrected chi connectivity index (χ1v) is 6.80. The zero-order valence-electron chi connectivity index (χ0n) is 11.9. The van der Waals surface area contributed by atoms with Crippen LogP contribution in [0.4, 0.5) is 0 Å². The number of hydrogen-bond donors (Lipinski definition) is 1. The van der Waals surface area contributed by atoms with Gasteiger partial charge >= 0.3 is 0 Å². The molecule has 3 unspecified atom stereocenters. The molecule has 2 N–H and O–H groups in total. The van der Waals surface area contributed by atoms with Crippen LogP contribution in [-0.2, 0) is 4.79 Å². The minimum absolute atomic E-state index is 0. The van der Waals surface area contributed by atoms with Gasteiger partial charge in [-0.25, -0.2) is 0 Å². The maximum atomic E-state index is 12.4. The Morgan fingerprint density at radius 2 is 1.84 bits per heavy atom. The minimum atomic E-state index is 0. The van der Waals surface area contributed by atoms with Gasteiger partial charge < -0.3 is 15.5 Å². The van der Waals surface area contributed by atoms with E-state index in [1.165, 1.54) is 6.42 Å². The lowest BCUT2D eigenvalue weighted by atomic mass is 9.99. The fraction of sp³-hybridized carbons (Fsp3) is 0.923. The van der Waals surface area contributed by atoms with E-state index in [0.29, 0.717) is 11.9 Å². The third kappa shape index (κ3) is 4.48. The molecule has 0 spiro atoms. The largest absolute Gasteiger partial charge is 0.341 e. The van der Waals surface area contributed by atoms with E-state index in [0.717, 1.165) is 38.8 Å². The fourth-order valence-corrected chi connectivity index (χ4v) is 3.11. The number of piperidine rings is 1. The van der Waals surface area contributed by atoms with Crippen LogP contribution < -0.4 is 5.73 Å². The van der Waals surface area contributed by atoms with Crippen molar-refractivity contribution in [2.24, 2.45) is 11.7 Å². The van der Waals surface area contributed by atoms with E-state index in [1.54, 1.807) is 0 Å². The second kappa shape index (κ2) is 8.30. The van der Waals surface area contributed by atoms with Crippen LogP contribution >= 0.6 is 24.8 Å². The summed E-state index contributed by atoms with van der Waals surface area (Å²) in [7, 11) is 4.19. The SMILES string of the molecule is CN(C)C1CCCN(C(=O)C2CCCC2N)C1.Cl.Cl. The van der Waals surface area contributed by atoms with Crippen LogP contribution in [0.3, 0.4) is 0 Å². The first kappa shape index (κ1) is 19.0. The molecule has 2 rings (SSSR count). The lowest BCUT2D eigenvalue weighted by Gasteiger charge is -2.37. The molecule has 1 saturated heterocycles. The molecule has 114 valence electrons. The molecule has 0 aromatic rings. The molecular weight excluding hydrogens is 285 g/mol. The predicted octanol–water partition coefficient (Wildman–Crippen LogP) is 1.51. The van der Waals surface area contributed by atoms with Gasteiger partial charge in [-0.15, -0.1) is 24.8 Å². The standard InChI is InChI=1S/C13H25N3O.2ClH/c1-15(2)10-5-4-8-16(9-10)13(17)11-6-3-7-12(11)14;;/h10-12H,3-9,14H2,1-2H3;2*1H. The molecule has 2 aliphatic rings. The van der Waals surface area contributed by atoms with Gasteiger partial charge in [0, 0.05) is 25.2 Å². The first-order chi connectivity index (χ1) is 8.09. The summed E-state index contributed by atoms with van der Waals surface area (Å²) < 4.78 is 0. The van der Waals surface area contributed by atoms with Crippen molar-refractivity contribution in [2.75, 3.05) is 27.2 Å². The molecule has 0 radical (unpaired) electrons. The molecule has 2 fully saturated rings. The zero-order valence-corrected chi connectivity index (χ0v) is 13.5. The molecule has 0 aromatic heterocycles. The summed E-state index contributed by atoms with van der Waals surface area (Å²) in [4.78, 5) is 16.7. The van der Waals surface area contributed by atoms with Gasteiger partial charge in [-0.2, -0.15) is 0 Å². The third-order valence-corrected chi connectivity index (χ3v) is 4.33. The van der Waals surface area contributed by atoms with Gasteiger partial charge in [-0.1, -0.05) is 6.42 Å². The van der Waals surface area contributed by atoms with Gasteiger partial charge in [0.2, 0.25) is 5.91 Å². The van der Waals surface area contributed by atoms with E-state index in [1.807, 2.05) is 4.90 Å². The van der Waals surface area contributed by atoms with Gasteiger partial charge in [0.1, 0.15) is 0 Å². The van der Waals surface area contributed by atoms with Crippen molar-refractivity contribution in [3.05, 3.63) is 0 Å². The number of nitrogens with zero attached hydrogens (tertiary/aromatic N) is 2. The number of hydrogen-bond acceptors (Lipinski definition) is 3. The number of carbonyl (C=O) groups is 1. The van der Waals surface area contributed by atoms with E-state index in [-0.39, 0.29) is 36.8 Å². The zero-order chi connectivity index (χ0) is 12.4. The summed E-state index contributed by atoms with van der Waals surface area (Å²) in [6.07, 6.45) is 5.44. The van der Waals surface area contributed by atoms with E-state index in [4.69, 9.17) is 5.73 Å². The summed E-state index contributed by atoms with van der Waals surface area (Å²) in [5.74, 6) is 0.400. The number of nitrogens with two attached hydrogens (primary N) is 1. The maximum Gasteiger partial charge on any atom is 0.227 e. The number of likely N-dealkylation sites (N-methyl/N-ethyl adjacent to an activating group) is 1. The number of likely N-dealkylation sites (tertiary alicyclic amines) is 1. The average molecular weight is 312 g/mol. The fourth-order valence-electron chi connectivity index (χ4n) is 3.11. The molecule has 6 heteroatoms. The molecule has 0 aromatic carbocycles. The third-order valence-electron chi connectivity index (χ3n) is 4.33. The molecule has 0 bridgehead atoms. The molecule has 19 heavy (non-hydrogen) atoms. The Balaban J connectivity index is 0.00000162. The van der Waals surface area contributed by atoms with Crippen molar-refractivity contribution in [1.29, 1.82) is 0 Å². The van der Waals surface area contributed by atoms with Crippen molar-refractivity contribution in [3.8, 4) is 0 Å². The molecule has 1 saturated carbocycles. The van der Waals surface area contributed by atoms with E-state index in [2.05, 4.69) is 19.0 Å². The van der Waals surface area contributed by atoms with Crippen LogP contribution in [0.1, 0.15) is 32.1 Å². The van der Waals surface area contributed by atoms with Crippen molar-refractivity contribution in [2.45, 2.75) is 44.2 Å². The topological polar surface area (TPSA) is 49.6 Å². The lowest BCUT2D eigenvalue weighted by molar-refractivity contribution is -0.137. The highest BCUT2D eigenvalue weighted by Gasteiger charge is 2.35. The minimum Gasteiger partial charge on any atom is -0.341 e. The van der Waals surface area contributed by atoms with Crippen LogP contribution in [-0.4, -0.2) is 55.0 Å². The quantitative estimate of drug-likeness (QED) is 0.841. The van der Waals surface area contributed by atoms with Crippen LogP contribution in [0, 0.1) is 5.92 Å². The van der Waals surface area contributed by atoms with Crippen LogP contribution in [0.5, 0.6) is 0 Å². The summed E-state index contributed by atoms with van der Waals surface area (Å²) in [5.41, 5.74) is 6.02. The first-order valence-electron chi connectivity index (χ1n) is 6.80. The summed E-state index contributed by atoms with van der Waals surface area (Å²) in [5, 5.41) is 0. The highest BCUT2D eigenvalue weighted by Crippen LogP contribution is 2.27. The Labute approximate surface area is 128 Å². The van der Waals surface area contributed by atoms with E-state index >= 15 is 0 Å². The monoisotopic (exact) mass is 311 g/mol. The number of amides is 1. The van der Waals surface area contributed by atoms with E-state index in [9.17, 15) is 4.79 Å². The number of rotatable bonds is 2. The molecular formula is C13H27Cl2N3O. The second-order valence-corrected chi connectivity index (χ2v) is 5.75. The van der Waals surface area contributed by atoms with Crippen LogP contribution in [0.25, 0.3) is 0 Å². The average Bonchev–Trinajstić information content (AvgIpc) is 2.74. The van der Waals surface area contributed by atoms with Crippen molar-refractivity contribution in [1.82, 2.24) is 9.80 Å². The Hall–Kier alpha value is -0.0300. The van der Waals surface area contributed by atoms with Gasteiger partial charge in [0.05, 0.1) is 5.92 Å². The molecule has 1 aliphatic heterocycles. The van der Waals surface area contributed by atoms with Gasteiger partial charge in [-0.3, -0.25) is 4.79 Å². The van der Waals surface area contributed by atoms with Crippen molar-refractivity contribution >= 4 is 30.7 Å². The Bertz CT molecular complexity index is 289. The van der Waals surface area contributed by atoms with Crippen LogP contribution in [0.15, 0.2) is 0 Å². The number of halogens is 2. The normalized spacial score (nSPS) is 30.7. The predicted molar refractivity (Wildman–Crippen MR) is 83.1 cm³/mol. The number of carbonyl (C=O) groups excluding carboxylic acids is 1.